The minimum atomic E-state index is -1.48. The third-order valence-corrected chi connectivity index (χ3v) is 5.19. The average molecular weight is 524 g/mol. The van der Waals surface area contributed by atoms with Crippen molar-refractivity contribution >= 4 is 29.5 Å². The van der Waals surface area contributed by atoms with Gasteiger partial charge in [-0.25, -0.2) is 4.79 Å². The Kier molecular flexibility index (Phi) is 10.2. The molecule has 2 unspecified atom stereocenters. The van der Waals surface area contributed by atoms with Gasteiger partial charge in [0.2, 0.25) is 11.8 Å². The van der Waals surface area contributed by atoms with E-state index in [-0.39, 0.29) is 0 Å². The highest BCUT2D eigenvalue weighted by atomic mass is 16.6. The second-order valence-electron chi connectivity index (χ2n) is 9.53. The molecule has 2 atom stereocenters. The number of nitrogens with one attached hydrogen (secondary N) is 2. The van der Waals surface area contributed by atoms with Crippen LogP contribution >= 0.6 is 0 Å². The molecule has 0 saturated heterocycles. The number of carbonyl (C=O) groups excluding carboxylic acids is 4. The highest BCUT2D eigenvalue weighted by Crippen LogP contribution is 2.26. The van der Waals surface area contributed by atoms with Crippen LogP contribution in [0.1, 0.15) is 44.4 Å². The molecule has 0 aliphatic carbocycles. The monoisotopic (exact) mass is 523 g/mol. The van der Waals surface area contributed by atoms with E-state index in [1.165, 1.54) is 7.11 Å². The van der Waals surface area contributed by atoms with Crippen molar-refractivity contribution in [2.24, 2.45) is 5.73 Å². The maximum Gasteiger partial charge on any atom is 0.408 e. The van der Waals surface area contributed by atoms with Crippen LogP contribution in [0.3, 0.4) is 0 Å². The predicted octanol–water partition coefficient (Wildman–Crippen LogP) is 2.80. The second kappa shape index (κ2) is 13.1. The first-order chi connectivity index (χ1) is 17.8. The summed E-state index contributed by atoms with van der Waals surface area (Å²) in [4.78, 5) is 52.5. The standard InChI is InChI=1S/C27H33N5O6/c1-17-7-6-8-18(15-17)23(24(34)30-19-9-11-20(37-5)12-10-19)32(14-13-28)25(35)21(16-22(29)33)31-26(36)38-27(2,3)4/h6-12,15,21,23H,14,16H2,1-5H3,(H2,29,33)(H,30,34)(H,31,36). The van der Waals surface area contributed by atoms with Gasteiger partial charge in [-0.05, 0) is 57.5 Å². The van der Waals surface area contributed by atoms with Crippen molar-refractivity contribution in [1.29, 1.82) is 5.26 Å². The smallest absolute Gasteiger partial charge is 0.408 e. The zero-order valence-electron chi connectivity index (χ0n) is 22.1. The predicted molar refractivity (Wildman–Crippen MR) is 140 cm³/mol. The van der Waals surface area contributed by atoms with Gasteiger partial charge in [0, 0.05) is 5.69 Å². The van der Waals surface area contributed by atoms with Crippen LogP contribution in [-0.2, 0) is 19.1 Å². The molecule has 2 aromatic rings. The molecule has 0 aliphatic heterocycles. The number of nitrogens with two attached hydrogens (primary N) is 1. The zero-order chi connectivity index (χ0) is 28.5. The number of methoxy groups -OCH3 is 1. The maximum atomic E-state index is 13.7. The van der Waals surface area contributed by atoms with Crippen LogP contribution in [0.2, 0.25) is 0 Å². The third kappa shape index (κ3) is 8.81. The van der Waals surface area contributed by atoms with E-state index in [4.69, 9.17) is 15.2 Å². The number of nitriles is 1. The fraction of sp³-hybridized carbons (Fsp3) is 0.370. The number of benzene rings is 2. The molecule has 0 saturated carbocycles. The summed E-state index contributed by atoms with van der Waals surface area (Å²) in [7, 11) is 1.51. The molecule has 2 rings (SSSR count). The largest absolute Gasteiger partial charge is 0.497 e. The Hall–Kier alpha value is -4.59. The Morgan fingerprint density at radius 2 is 1.76 bits per heavy atom. The summed E-state index contributed by atoms with van der Waals surface area (Å²) in [6, 6.07) is 12.6. The third-order valence-electron chi connectivity index (χ3n) is 5.19. The highest BCUT2D eigenvalue weighted by molar-refractivity contribution is 5.99. The van der Waals surface area contributed by atoms with Gasteiger partial charge in [0.25, 0.3) is 5.91 Å². The number of nitrogens with zero attached hydrogens (tertiary/aromatic N) is 2. The number of primary amides is 1. The Balaban J connectivity index is 2.49. The summed E-state index contributed by atoms with van der Waals surface area (Å²) in [5, 5.41) is 14.7. The summed E-state index contributed by atoms with van der Waals surface area (Å²) >= 11 is 0. The molecule has 4 N–H and O–H groups in total. The van der Waals surface area contributed by atoms with Gasteiger partial charge < -0.3 is 30.7 Å². The Labute approximate surface area is 221 Å². The van der Waals surface area contributed by atoms with Crippen molar-refractivity contribution in [2.45, 2.75) is 51.8 Å². The SMILES string of the molecule is COc1ccc(NC(=O)C(c2cccc(C)c2)N(CC#N)C(=O)C(CC(N)=O)NC(=O)OC(C)(C)C)cc1. The van der Waals surface area contributed by atoms with Crippen molar-refractivity contribution in [3.8, 4) is 11.8 Å². The van der Waals surface area contributed by atoms with E-state index < -0.39 is 54.5 Å². The first-order valence-corrected chi connectivity index (χ1v) is 11.8. The lowest BCUT2D eigenvalue weighted by molar-refractivity contribution is -0.141. The Morgan fingerprint density at radius 3 is 2.29 bits per heavy atom. The van der Waals surface area contributed by atoms with E-state index in [9.17, 15) is 24.4 Å². The van der Waals surface area contributed by atoms with Gasteiger partial charge in [0.05, 0.1) is 19.6 Å². The topological polar surface area (TPSA) is 164 Å². The van der Waals surface area contributed by atoms with E-state index >= 15 is 0 Å². The van der Waals surface area contributed by atoms with Crippen LogP contribution in [0.5, 0.6) is 5.75 Å². The van der Waals surface area contributed by atoms with E-state index in [0.29, 0.717) is 17.0 Å². The van der Waals surface area contributed by atoms with Crippen LogP contribution in [0.4, 0.5) is 10.5 Å². The lowest BCUT2D eigenvalue weighted by atomic mass is 10.00. The molecular formula is C27H33N5O6. The zero-order valence-corrected chi connectivity index (χ0v) is 22.1. The van der Waals surface area contributed by atoms with Gasteiger partial charge in [-0.2, -0.15) is 5.26 Å². The molecule has 0 spiro atoms. The molecule has 38 heavy (non-hydrogen) atoms. The molecule has 0 bridgehead atoms. The Bertz CT molecular complexity index is 1200. The number of anilines is 1. The van der Waals surface area contributed by atoms with Crippen LogP contribution < -0.4 is 21.1 Å². The van der Waals surface area contributed by atoms with Crippen LogP contribution in [0.25, 0.3) is 0 Å². The minimum absolute atomic E-state index is 0.426. The molecule has 11 nitrogen and oxygen atoms in total. The lowest BCUT2D eigenvalue weighted by Crippen LogP contribution is -2.53. The molecule has 0 fully saturated rings. The van der Waals surface area contributed by atoms with Gasteiger partial charge >= 0.3 is 6.09 Å². The van der Waals surface area contributed by atoms with Gasteiger partial charge in [0.15, 0.2) is 0 Å². The number of aryl methyl sites for hydroxylation is 1. The van der Waals surface area contributed by atoms with E-state index in [0.717, 1.165) is 10.5 Å². The molecule has 4 amide bonds. The first-order valence-electron chi connectivity index (χ1n) is 11.8. The quantitative estimate of drug-likeness (QED) is 0.403. The Morgan fingerprint density at radius 1 is 1.11 bits per heavy atom. The summed E-state index contributed by atoms with van der Waals surface area (Å²) in [5.41, 5.74) is 6.14. The van der Waals surface area contributed by atoms with Crippen LogP contribution in [0.15, 0.2) is 48.5 Å². The molecule has 2 aromatic carbocycles. The van der Waals surface area contributed by atoms with E-state index in [1.54, 1.807) is 63.2 Å². The van der Waals surface area contributed by atoms with Gasteiger partial charge in [0.1, 0.15) is 30.0 Å². The average Bonchev–Trinajstić information content (AvgIpc) is 2.82. The molecule has 11 heteroatoms. The first kappa shape index (κ1) is 29.6. The molecule has 0 heterocycles. The summed E-state index contributed by atoms with van der Waals surface area (Å²) in [6.07, 6.45) is -1.52. The summed E-state index contributed by atoms with van der Waals surface area (Å²) in [5.74, 6) is -1.75. The van der Waals surface area contributed by atoms with Gasteiger partial charge in [-0.15, -0.1) is 0 Å². The summed E-state index contributed by atoms with van der Waals surface area (Å²) < 4.78 is 10.4. The minimum Gasteiger partial charge on any atom is -0.497 e. The highest BCUT2D eigenvalue weighted by Gasteiger charge is 2.37. The van der Waals surface area contributed by atoms with Gasteiger partial charge in [-0.1, -0.05) is 29.8 Å². The number of ether oxygens (including phenoxy) is 2. The van der Waals surface area contributed by atoms with E-state index in [1.807, 2.05) is 19.1 Å². The van der Waals surface area contributed by atoms with Crippen molar-refractivity contribution in [3.05, 3.63) is 59.7 Å². The second-order valence-corrected chi connectivity index (χ2v) is 9.53. The molecule has 0 radical (unpaired) electrons. The lowest BCUT2D eigenvalue weighted by Gasteiger charge is -2.32. The van der Waals surface area contributed by atoms with Crippen molar-refractivity contribution < 1.29 is 28.7 Å². The van der Waals surface area contributed by atoms with Crippen molar-refractivity contribution in [1.82, 2.24) is 10.2 Å². The normalized spacial score (nSPS) is 12.3. The van der Waals surface area contributed by atoms with Crippen molar-refractivity contribution in [3.63, 3.8) is 0 Å². The van der Waals surface area contributed by atoms with Crippen molar-refractivity contribution in [2.75, 3.05) is 19.0 Å². The number of rotatable bonds is 10. The molecule has 0 aromatic heterocycles. The number of carbonyl (C=O) groups is 4. The number of hydrogen-bond donors (Lipinski definition) is 3. The number of hydrogen-bond acceptors (Lipinski definition) is 7. The number of amides is 4. The molecule has 202 valence electrons. The summed E-state index contributed by atoms with van der Waals surface area (Å²) in [6.45, 7) is 6.21. The van der Waals surface area contributed by atoms with Crippen LogP contribution in [-0.4, -0.2) is 54.0 Å². The van der Waals surface area contributed by atoms with E-state index in [2.05, 4.69) is 10.6 Å². The maximum absolute atomic E-state index is 13.7. The molecule has 0 aliphatic rings. The number of alkyl carbamates (subject to hydrolysis) is 1. The fourth-order valence-electron chi connectivity index (χ4n) is 3.62. The fourth-order valence-corrected chi connectivity index (χ4v) is 3.62. The van der Waals surface area contributed by atoms with Crippen LogP contribution in [0, 0.1) is 18.3 Å². The molecular weight excluding hydrogens is 490 g/mol. The van der Waals surface area contributed by atoms with Gasteiger partial charge in [-0.3, -0.25) is 14.4 Å².